The molecule has 0 heterocycles. The van der Waals surface area contributed by atoms with Crippen molar-refractivity contribution in [2.45, 2.75) is 82.4 Å². The lowest BCUT2D eigenvalue weighted by Gasteiger charge is -2.29. The second-order valence-corrected chi connectivity index (χ2v) is 11.3. The lowest BCUT2D eigenvalue weighted by Crippen LogP contribution is -2.61. The van der Waals surface area contributed by atoms with Crippen LogP contribution in [0.1, 0.15) is 39.2 Å². The van der Waals surface area contributed by atoms with Crippen molar-refractivity contribution in [2.75, 3.05) is 12.4 Å². The summed E-state index contributed by atoms with van der Waals surface area (Å²) in [7, 11) is 0. The van der Waals surface area contributed by atoms with Crippen LogP contribution < -0.4 is 38.1 Å². The molecule has 0 fully saturated rings. The SMILES string of the molecule is CC[C@H](C)[C@H](NC(=O)[C@H](CC(N)=O)NC(=O)[C@H](Cc1ccccc1)NC(=O)[C@H](CO)NC(=O)[C@@H](N)CS)C(=O)N[C@H](C(=O)O)[C@@H](C)O. The predicted molar refractivity (Wildman–Crippen MR) is 171 cm³/mol. The zero-order valence-corrected chi connectivity index (χ0v) is 27.2. The van der Waals surface area contributed by atoms with Crippen LogP contribution in [0.4, 0.5) is 0 Å². The zero-order chi connectivity index (χ0) is 35.8. The number of aliphatic hydroxyl groups is 2. The number of hydrogen-bond acceptors (Lipinski definition) is 11. The van der Waals surface area contributed by atoms with E-state index in [2.05, 4.69) is 39.2 Å². The van der Waals surface area contributed by atoms with Crippen LogP contribution in [0.3, 0.4) is 0 Å². The van der Waals surface area contributed by atoms with E-state index in [4.69, 9.17) is 11.5 Å². The molecule has 0 aliphatic rings. The molecule has 0 aliphatic carbocycles. The summed E-state index contributed by atoms with van der Waals surface area (Å²) in [5.41, 5.74) is 11.5. The third-order valence-corrected chi connectivity index (χ3v) is 7.54. The van der Waals surface area contributed by atoms with E-state index in [1.165, 1.54) is 0 Å². The van der Waals surface area contributed by atoms with Gasteiger partial charge in [0.25, 0.3) is 0 Å². The fourth-order valence-electron chi connectivity index (χ4n) is 4.16. The lowest BCUT2D eigenvalue weighted by atomic mass is 9.97. The Morgan fingerprint density at radius 3 is 1.79 bits per heavy atom. The number of hydrogen-bond donors (Lipinski definition) is 11. The van der Waals surface area contributed by atoms with Gasteiger partial charge in [-0.1, -0.05) is 50.6 Å². The van der Waals surface area contributed by atoms with Crippen molar-refractivity contribution in [3.8, 4) is 0 Å². The molecule has 0 spiro atoms. The van der Waals surface area contributed by atoms with Gasteiger partial charge in [0.1, 0.15) is 24.2 Å². The Kier molecular flexibility index (Phi) is 17.4. The average molecular weight is 684 g/mol. The van der Waals surface area contributed by atoms with Crippen LogP contribution in [0.2, 0.25) is 0 Å². The first-order valence-electron chi connectivity index (χ1n) is 14.8. The van der Waals surface area contributed by atoms with E-state index in [9.17, 15) is 48.9 Å². The molecule has 0 radical (unpaired) electrons. The molecule has 17 nitrogen and oxygen atoms in total. The van der Waals surface area contributed by atoms with Gasteiger partial charge >= 0.3 is 5.97 Å². The number of aliphatic carboxylic acids is 1. The molecule has 1 aromatic rings. The van der Waals surface area contributed by atoms with Crippen molar-refractivity contribution >= 4 is 54.0 Å². The van der Waals surface area contributed by atoms with Crippen LogP contribution in [0.5, 0.6) is 0 Å². The molecule has 262 valence electrons. The maximum Gasteiger partial charge on any atom is 0.328 e. The number of thiol groups is 1. The lowest BCUT2D eigenvalue weighted by molar-refractivity contribution is -0.145. The van der Waals surface area contributed by atoms with Gasteiger partial charge in [0.15, 0.2) is 6.04 Å². The summed E-state index contributed by atoms with van der Waals surface area (Å²) in [4.78, 5) is 88.7. The minimum absolute atomic E-state index is 0.0474. The second-order valence-electron chi connectivity index (χ2n) is 11.0. The third-order valence-electron chi connectivity index (χ3n) is 7.14. The molecule has 18 heteroatoms. The van der Waals surface area contributed by atoms with Gasteiger partial charge in [-0.2, -0.15) is 12.6 Å². The Morgan fingerprint density at radius 2 is 1.30 bits per heavy atom. The van der Waals surface area contributed by atoms with Crippen molar-refractivity contribution in [2.24, 2.45) is 17.4 Å². The van der Waals surface area contributed by atoms with Crippen LogP contribution in [0.25, 0.3) is 0 Å². The van der Waals surface area contributed by atoms with Crippen molar-refractivity contribution in [3.05, 3.63) is 35.9 Å². The molecule has 0 aromatic heterocycles. The molecule has 0 saturated heterocycles. The molecule has 0 bridgehead atoms. The molecule has 8 atom stereocenters. The highest BCUT2D eigenvalue weighted by molar-refractivity contribution is 7.80. The van der Waals surface area contributed by atoms with Gasteiger partial charge in [0, 0.05) is 12.2 Å². The standard InChI is InChI=1S/C29H45N7O10S/c1-4-14(2)22(28(44)36-23(15(3)38)29(45)46)35-26(42)19(11-21(31)39)33-25(41)18(10-16-8-6-5-7-9-16)32-27(43)20(12-37)34-24(40)17(30)13-47/h5-9,14-15,17-20,22-23,37-38,47H,4,10-13,30H2,1-3H3,(H2,31,39)(H,32,43)(H,33,41)(H,34,40)(H,35,42)(H,36,44)(H,45,46)/t14-,15+,17-,18-,19-,20-,22-,23-/m0/s1. The molecule has 0 saturated carbocycles. The van der Waals surface area contributed by atoms with E-state index < -0.39 is 103 Å². The topological polar surface area (TPSA) is 292 Å². The largest absolute Gasteiger partial charge is 0.480 e. The number of nitrogens with two attached hydrogens (primary N) is 2. The van der Waals surface area contributed by atoms with Crippen LogP contribution in [0.15, 0.2) is 30.3 Å². The minimum atomic E-state index is -1.68. The summed E-state index contributed by atoms with van der Waals surface area (Å²) < 4.78 is 0. The van der Waals surface area contributed by atoms with E-state index in [0.29, 0.717) is 12.0 Å². The predicted octanol–water partition coefficient (Wildman–Crippen LogP) is -3.71. The van der Waals surface area contributed by atoms with E-state index in [0.717, 1.165) is 6.92 Å². The van der Waals surface area contributed by atoms with Gasteiger partial charge < -0.3 is 53.4 Å². The average Bonchev–Trinajstić information content (AvgIpc) is 3.02. The number of rotatable bonds is 20. The van der Waals surface area contributed by atoms with Crippen LogP contribution in [0, 0.1) is 5.92 Å². The maximum atomic E-state index is 13.6. The van der Waals surface area contributed by atoms with E-state index >= 15 is 0 Å². The van der Waals surface area contributed by atoms with Crippen molar-refractivity contribution in [3.63, 3.8) is 0 Å². The normalized spacial score (nSPS) is 16.1. The summed E-state index contributed by atoms with van der Waals surface area (Å²) in [6.07, 6.45) is -1.98. The highest BCUT2D eigenvalue weighted by Crippen LogP contribution is 2.11. The molecule has 47 heavy (non-hydrogen) atoms. The summed E-state index contributed by atoms with van der Waals surface area (Å²) >= 11 is 3.92. The van der Waals surface area contributed by atoms with Gasteiger partial charge in [0.05, 0.1) is 25.2 Å². The Morgan fingerprint density at radius 1 is 0.787 bits per heavy atom. The minimum Gasteiger partial charge on any atom is -0.480 e. The number of amides is 6. The van der Waals surface area contributed by atoms with Crippen molar-refractivity contribution in [1.82, 2.24) is 26.6 Å². The van der Waals surface area contributed by atoms with E-state index in [-0.39, 0.29) is 12.2 Å². The number of carbonyl (C=O) groups is 7. The van der Waals surface area contributed by atoms with E-state index in [1.54, 1.807) is 44.2 Å². The van der Waals surface area contributed by atoms with Crippen LogP contribution >= 0.6 is 12.6 Å². The van der Waals surface area contributed by atoms with Crippen LogP contribution in [-0.4, -0.2) is 111 Å². The van der Waals surface area contributed by atoms with Gasteiger partial charge in [-0.15, -0.1) is 0 Å². The summed E-state index contributed by atoms with van der Waals surface area (Å²) in [5, 5.41) is 40.5. The molecule has 6 amide bonds. The number of carbonyl (C=O) groups excluding carboxylic acids is 6. The Labute approximate surface area is 277 Å². The molecule has 0 aliphatic heterocycles. The van der Waals surface area contributed by atoms with Gasteiger partial charge in [0.2, 0.25) is 35.4 Å². The fraction of sp³-hybridized carbons (Fsp3) is 0.552. The fourth-order valence-corrected chi connectivity index (χ4v) is 4.32. The molecule has 12 N–H and O–H groups in total. The third kappa shape index (κ3) is 13.6. The molecule has 1 aromatic carbocycles. The number of benzene rings is 1. The van der Waals surface area contributed by atoms with Gasteiger partial charge in [-0.05, 0) is 18.4 Å². The first-order valence-corrected chi connectivity index (χ1v) is 15.4. The first kappa shape index (κ1) is 40.8. The number of primary amides is 1. The summed E-state index contributed by atoms with van der Waals surface area (Å²) in [6, 6.07) is -0.292. The highest BCUT2D eigenvalue weighted by Gasteiger charge is 2.35. The monoisotopic (exact) mass is 683 g/mol. The number of carboxylic acid groups (broad SMARTS) is 1. The quantitative estimate of drug-likeness (QED) is 0.0594. The van der Waals surface area contributed by atoms with Gasteiger partial charge in [-0.3, -0.25) is 28.8 Å². The Balaban J connectivity index is 3.31. The van der Waals surface area contributed by atoms with Crippen molar-refractivity contribution in [1.29, 1.82) is 0 Å². The van der Waals surface area contributed by atoms with E-state index in [1.807, 2.05) is 0 Å². The zero-order valence-electron chi connectivity index (χ0n) is 26.3. The Hall–Kier alpha value is -4.26. The smallest absolute Gasteiger partial charge is 0.328 e. The summed E-state index contributed by atoms with van der Waals surface area (Å²) in [6.45, 7) is 3.61. The highest BCUT2D eigenvalue weighted by atomic mass is 32.1. The molecular formula is C29H45N7O10S. The molecular weight excluding hydrogens is 638 g/mol. The summed E-state index contributed by atoms with van der Waals surface area (Å²) in [5.74, 6) is -7.78. The van der Waals surface area contributed by atoms with Crippen molar-refractivity contribution < 1.29 is 48.9 Å². The molecule has 1 rings (SSSR count). The van der Waals surface area contributed by atoms with Crippen LogP contribution in [-0.2, 0) is 40.0 Å². The van der Waals surface area contributed by atoms with Gasteiger partial charge in [-0.25, -0.2) is 4.79 Å². The number of nitrogens with one attached hydrogen (secondary N) is 5. The maximum absolute atomic E-state index is 13.6. The number of aliphatic hydroxyl groups excluding tert-OH is 2. The Bertz CT molecular complexity index is 1250. The first-order chi connectivity index (χ1) is 22.1. The number of carboxylic acids is 1. The molecule has 0 unspecified atom stereocenters. The second kappa shape index (κ2) is 20.1.